The molecule has 17 heavy (non-hydrogen) atoms. The number of hydrogen-bond acceptors (Lipinski definition) is 7. The molecule has 0 unspecified atom stereocenters. The van der Waals surface area contributed by atoms with Crippen molar-refractivity contribution in [2.45, 2.75) is 18.9 Å². The summed E-state index contributed by atoms with van der Waals surface area (Å²) in [5.74, 6) is 0.672. The van der Waals surface area contributed by atoms with Gasteiger partial charge < -0.3 is 20.1 Å². The lowest BCUT2D eigenvalue weighted by molar-refractivity contribution is 0.0217. The van der Waals surface area contributed by atoms with E-state index in [0.29, 0.717) is 19.2 Å². The molecule has 7 heteroatoms. The van der Waals surface area contributed by atoms with Gasteiger partial charge in [-0.3, -0.25) is 0 Å². The first-order valence-electron chi connectivity index (χ1n) is 5.58. The molecule has 1 aromatic rings. The second-order valence-electron chi connectivity index (χ2n) is 4.10. The van der Waals surface area contributed by atoms with E-state index in [4.69, 9.17) is 15.2 Å². The molecule has 1 aliphatic heterocycles. The quantitative estimate of drug-likeness (QED) is 0.799. The number of nitrogens with zero attached hydrogens (tertiary/aromatic N) is 4. The Labute approximate surface area is 100.0 Å². The topological polar surface area (TPSA) is 86.4 Å². The largest absolute Gasteiger partial charge is 0.460 e. The van der Waals surface area contributed by atoms with Gasteiger partial charge in [-0.15, -0.1) is 0 Å². The van der Waals surface area contributed by atoms with Crippen molar-refractivity contribution in [3.8, 4) is 6.01 Å². The van der Waals surface area contributed by atoms with E-state index >= 15 is 0 Å². The summed E-state index contributed by atoms with van der Waals surface area (Å²) < 4.78 is 10.9. The zero-order valence-corrected chi connectivity index (χ0v) is 10.1. The average Bonchev–Trinajstić information content (AvgIpc) is 2.29. The second-order valence-corrected chi connectivity index (χ2v) is 4.10. The van der Waals surface area contributed by atoms with Crippen molar-refractivity contribution >= 4 is 11.9 Å². The lowest BCUT2D eigenvalue weighted by Crippen LogP contribution is -2.27. The number of aromatic nitrogens is 3. The fourth-order valence-electron chi connectivity index (χ4n) is 1.56. The highest BCUT2D eigenvalue weighted by Gasteiger charge is 2.17. The van der Waals surface area contributed by atoms with Crippen molar-refractivity contribution in [3.05, 3.63) is 0 Å². The van der Waals surface area contributed by atoms with Gasteiger partial charge in [0.1, 0.15) is 6.10 Å². The predicted octanol–water partition coefficient (Wildman–Crippen LogP) is 0.0776. The molecule has 0 amide bonds. The predicted molar refractivity (Wildman–Crippen MR) is 63.0 cm³/mol. The summed E-state index contributed by atoms with van der Waals surface area (Å²) in [5.41, 5.74) is 5.61. The van der Waals surface area contributed by atoms with Crippen LogP contribution in [0.3, 0.4) is 0 Å². The molecule has 1 aliphatic rings. The molecule has 7 nitrogen and oxygen atoms in total. The molecule has 0 saturated carbocycles. The monoisotopic (exact) mass is 239 g/mol. The summed E-state index contributed by atoms with van der Waals surface area (Å²) in [6.07, 6.45) is 1.80. The molecule has 0 radical (unpaired) electrons. The third-order valence-electron chi connectivity index (χ3n) is 2.46. The minimum Gasteiger partial charge on any atom is -0.460 e. The Bertz CT molecular complexity index is 379. The van der Waals surface area contributed by atoms with E-state index in [2.05, 4.69) is 15.0 Å². The summed E-state index contributed by atoms with van der Waals surface area (Å²) in [5, 5.41) is 0. The van der Waals surface area contributed by atoms with Gasteiger partial charge >= 0.3 is 6.01 Å². The molecule has 2 heterocycles. The number of nitrogens with two attached hydrogens (primary N) is 1. The van der Waals surface area contributed by atoms with E-state index in [0.717, 1.165) is 12.8 Å². The molecule has 2 rings (SSSR count). The lowest BCUT2D eigenvalue weighted by Gasteiger charge is -2.22. The van der Waals surface area contributed by atoms with Crippen molar-refractivity contribution in [1.82, 2.24) is 15.0 Å². The summed E-state index contributed by atoms with van der Waals surface area (Å²) in [6, 6.07) is 0.285. The van der Waals surface area contributed by atoms with Crippen molar-refractivity contribution in [2.75, 3.05) is 37.9 Å². The van der Waals surface area contributed by atoms with Gasteiger partial charge in [-0.05, 0) is 0 Å². The van der Waals surface area contributed by atoms with Crippen LogP contribution in [0.15, 0.2) is 0 Å². The lowest BCUT2D eigenvalue weighted by atomic mass is 10.2. The first-order valence-corrected chi connectivity index (χ1v) is 5.58. The molecule has 94 valence electrons. The smallest absolute Gasteiger partial charge is 0.323 e. The third-order valence-corrected chi connectivity index (χ3v) is 2.46. The molecule has 0 atom stereocenters. The Morgan fingerprint density at radius 1 is 1.24 bits per heavy atom. The zero-order valence-electron chi connectivity index (χ0n) is 10.1. The van der Waals surface area contributed by atoms with Gasteiger partial charge in [0, 0.05) is 26.9 Å². The fraction of sp³-hybridized carbons (Fsp3) is 0.700. The zero-order chi connectivity index (χ0) is 12.3. The fourth-order valence-corrected chi connectivity index (χ4v) is 1.56. The number of hydrogen-bond donors (Lipinski definition) is 1. The standard InChI is InChI=1S/C10H17N5O2/c1-15(2)9-12-8(11)13-10(14-9)17-7-3-5-16-6-4-7/h7H,3-6H2,1-2H3,(H2,11,12,13,14). The molecular formula is C10H17N5O2. The third kappa shape index (κ3) is 3.16. The first-order chi connectivity index (χ1) is 8.15. The number of rotatable bonds is 3. The summed E-state index contributed by atoms with van der Waals surface area (Å²) in [6.45, 7) is 1.43. The Kier molecular flexibility index (Phi) is 3.58. The van der Waals surface area contributed by atoms with Crippen LogP contribution in [0.1, 0.15) is 12.8 Å². The second kappa shape index (κ2) is 5.13. The van der Waals surface area contributed by atoms with Gasteiger partial charge in [-0.1, -0.05) is 0 Å². The molecule has 1 aromatic heterocycles. The van der Waals surface area contributed by atoms with E-state index in [1.807, 2.05) is 14.1 Å². The van der Waals surface area contributed by atoms with Crippen LogP contribution in [0.2, 0.25) is 0 Å². The molecule has 1 saturated heterocycles. The van der Waals surface area contributed by atoms with Crippen LogP contribution in [0.25, 0.3) is 0 Å². The maximum absolute atomic E-state index is 5.68. The first kappa shape index (κ1) is 11.8. The van der Waals surface area contributed by atoms with Crippen molar-refractivity contribution in [3.63, 3.8) is 0 Å². The van der Waals surface area contributed by atoms with Crippen LogP contribution in [0.5, 0.6) is 6.01 Å². The molecule has 0 aromatic carbocycles. The maximum atomic E-state index is 5.68. The molecule has 0 aliphatic carbocycles. The minimum atomic E-state index is 0.0977. The van der Waals surface area contributed by atoms with Crippen LogP contribution in [-0.2, 0) is 4.74 Å². The normalized spacial score (nSPS) is 16.8. The Hall–Kier alpha value is -1.63. The van der Waals surface area contributed by atoms with E-state index in [9.17, 15) is 0 Å². The van der Waals surface area contributed by atoms with Crippen LogP contribution in [0.4, 0.5) is 11.9 Å². The van der Waals surface area contributed by atoms with Crippen LogP contribution in [0, 0.1) is 0 Å². The van der Waals surface area contributed by atoms with Crippen molar-refractivity contribution in [2.24, 2.45) is 0 Å². The van der Waals surface area contributed by atoms with Gasteiger partial charge in [0.2, 0.25) is 11.9 Å². The molecular weight excluding hydrogens is 222 g/mol. The van der Waals surface area contributed by atoms with Crippen LogP contribution >= 0.6 is 0 Å². The number of nitrogen functional groups attached to an aromatic ring is 1. The van der Waals surface area contributed by atoms with E-state index in [1.165, 1.54) is 0 Å². The van der Waals surface area contributed by atoms with Crippen molar-refractivity contribution in [1.29, 1.82) is 0 Å². The van der Waals surface area contributed by atoms with Gasteiger partial charge in [0.25, 0.3) is 0 Å². The van der Waals surface area contributed by atoms with Gasteiger partial charge in [-0.2, -0.15) is 15.0 Å². The summed E-state index contributed by atoms with van der Waals surface area (Å²) in [4.78, 5) is 13.9. The average molecular weight is 239 g/mol. The van der Waals surface area contributed by atoms with Crippen LogP contribution < -0.4 is 15.4 Å². The van der Waals surface area contributed by atoms with E-state index in [1.54, 1.807) is 4.90 Å². The molecule has 1 fully saturated rings. The van der Waals surface area contributed by atoms with Crippen molar-refractivity contribution < 1.29 is 9.47 Å². The highest BCUT2D eigenvalue weighted by molar-refractivity contribution is 5.33. The minimum absolute atomic E-state index is 0.0977. The summed E-state index contributed by atoms with van der Waals surface area (Å²) >= 11 is 0. The highest BCUT2D eigenvalue weighted by Crippen LogP contribution is 2.16. The summed E-state index contributed by atoms with van der Waals surface area (Å²) in [7, 11) is 3.68. The van der Waals surface area contributed by atoms with Gasteiger partial charge in [-0.25, -0.2) is 0 Å². The molecule has 0 bridgehead atoms. The Morgan fingerprint density at radius 3 is 2.59 bits per heavy atom. The number of ether oxygens (including phenoxy) is 2. The van der Waals surface area contributed by atoms with Gasteiger partial charge in [0.15, 0.2) is 0 Å². The Morgan fingerprint density at radius 2 is 1.94 bits per heavy atom. The van der Waals surface area contributed by atoms with E-state index in [-0.39, 0.29) is 18.1 Å². The molecule has 0 spiro atoms. The van der Waals surface area contributed by atoms with Gasteiger partial charge in [0.05, 0.1) is 13.2 Å². The number of anilines is 2. The van der Waals surface area contributed by atoms with Crippen LogP contribution in [-0.4, -0.2) is 48.4 Å². The highest BCUT2D eigenvalue weighted by atomic mass is 16.5. The Balaban J connectivity index is 2.09. The molecule has 2 N–H and O–H groups in total. The van der Waals surface area contributed by atoms with E-state index < -0.39 is 0 Å². The SMILES string of the molecule is CN(C)c1nc(N)nc(OC2CCOCC2)n1. The maximum Gasteiger partial charge on any atom is 0.323 e.